The van der Waals surface area contributed by atoms with Crippen LogP contribution in [0.2, 0.25) is 5.02 Å². The van der Waals surface area contributed by atoms with E-state index in [1.807, 2.05) is 13.8 Å². The lowest BCUT2D eigenvalue weighted by Crippen LogP contribution is -2.23. The largest absolute Gasteiger partial charge is 0.379 e. The molecule has 1 aromatic rings. The van der Waals surface area contributed by atoms with Gasteiger partial charge in [0.2, 0.25) is 10.0 Å². The first kappa shape index (κ1) is 17.2. The summed E-state index contributed by atoms with van der Waals surface area (Å²) < 4.78 is 31.2. The van der Waals surface area contributed by atoms with Crippen LogP contribution in [0.1, 0.15) is 25.8 Å². The van der Waals surface area contributed by atoms with Crippen molar-refractivity contribution in [3.8, 4) is 0 Å². The van der Waals surface area contributed by atoms with Gasteiger partial charge < -0.3 is 4.74 Å². The van der Waals surface area contributed by atoms with Crippen LogP contribution < -0.4 is 4.72 Å². The highest BCUT2D eigenvalue weighted by atomic mass is 35.5. The predicted octanol–water partition coefficient (Wildman–Crippen LogP) is 3.05. The third kappa shape index (κ3) is 7.65. The lowest BCUT2D eigenvalue weighted by molar-refractivity contribution is 0.0778. The molecule has 0 radical (unpaired) electrons. The normalized spacial score (nSPS) is 12.4. The molecular formula is C14H20ClNO3S. The van der Waals surface area contributed by atoms with E-state index in [-0.39, 0.29) is 6.10 Å². The fraction of sp³-hybridized carbons (Fsp3) is 0.429. The summed E-state index contributed by atoms with van der Waals surface area (Å²) in [4.78, 5) is 0. The summed E-state index contributed by atoms with van der Waals surface area (Å²) in [6, 6.07) is 6.94. The molecule has 0 aliphatic heterocycles. The summed E-state index contributed by atoms with van der Waals surface area (Å²) in [7, 11) is -3.41. The van der Waals surface area contributed by atoms with Gasteiger partial charge >= 0.3 is 0 Å². The van der Waals surface area contributed by atoms with Gasteiger partial charge in [-0.2, -0.15) is 0 Å². The first-order valence-corrected chi connectivity index (χ1v) is 8.36. The van der Waals surface area contributed by atoms with Crippen molar-refractivity contribution < 1.29 is 13.2 Å². The second kappa shape index (κ2) is 8.42. The van der Waals surface area contributed by atoms with E-state index >= 15 is 0 Å². The Morgan fingerprint density at radius 3 is 2.55 bits per heavy atom. The number of halogens is 1. The Labute approximate surface area is 125 Å². The Balaban J connectivity index is 2.39. The zero-order valence-electron chi connectivity index (χ0n) is 11.7. The highest BCUT2D eigenvalue weighted by Crippen LogP contribution is 2.11. The maximum absolute atomic E-state index is 11.7. The Bertz CT molecular complexity index is 524. The van der Waals surface area contributed by atoms with Crippen LogP contribution in [0, 0.1) is 0 Å². The number of hydrogen-bond donors (Lipinski definition) is 1. The molecule has 4 nitrogen and oxygen atoms in total. The van der Waals surface area contributed by atoms with E-state index in [1.54, 1.807) is 24.3 Å². The zero-order chi connectivity index (χ0) is 15.0. The summed E-state index contributed by atoms with van der Waals surface area (Å²) >= 11 is 5.76. The van der Waals surface area contributed by atoms with E-state index < -0.39 is 10.0 Å². The van der Waals surface area contributed by atoms with Crippen molar-refractivity contribution >= 4 is 27.7 Å². The van der Waals surface area contributed by atoms with Crippen LogP contribution in [0.3, 0.4) is 0 Å². The van der Waals surface area contributed by atoms with E-state index in [0.29, 0.717) is 24.6 Å². The number of ether oxygens (including phenoxy) is 1. The number of sulfonamides is 1. The average molecular weight is 318 g/mol. The second-order valence-corrected chi connectivity index (χ2v) is 6.65. The van der Waals surface area contributed by atoms with Crippen molar-refractivity contribution in [1.82, 2.24) is 4.72 Å². The molecule has 0 unspecified atom stereocenters. The van der Waals surface area contributed by atoms with Gasteiger partial charge in [0.1, 0.15) is 0 Å². The van der Waals surface area contributed by atoms with Gasteiger partial charge in [-0.05, 0) is 44.0 Å². The fourth-order valence-corrected chi connectivity index (χ4v) is 2.38. The molecule has 20 heavy (non-hydrogen) atoms. The maximum Gasteiger partial charge on any atom is 0.233 e. The van der Waals surface area contributed by atoms with Gasteiger partial charge in [-0.1, -0.05) is 23.7 Å². The zero-order valence-corrected chi connectivity index (χ0v) is 13.2. The van der Waals surface area contributed by atoms with Gasteiger partial charge in [0.25, 0.3) is 0 Å². The first-order chi connectivity index (χ1) is 9.39. The van der Waals surface area contributed by atoms with Crippen LogP contribution >= 0.6 is 11.6 Å². The SMILES string of the molecule is CC(C)OCCCNS(=O)(=O)/C=C/c1ccc(Cl)cc1. The molecule has 0 atom stereocenters. The molecule has 0 bridgehead atoms. The van der Waals surface area contributed by atoms with Crippen molar-refractivity contribution in [3.63, 3.8) is 0 Å². The second-order valence-electron chi connectivity index (χ2n) is 4.57. The molecule has 0 saturated carbocycles. The molecule has 0 amide bonds. The van der Waals surface area contributed by atoms with E-state index in [4.69, 9.17) is 16.3 Å². The lowest BCUT2D eigenvalue weighted by Gasteiger charge is -2.07. The molecule has 0 heterocycles. The third-order valence-electron chi connectivity index (χ3n) is 2.39. The Kier molecular flexibility index (Phi) is 7.23. The standard InChI is InChI=1S/C14H20ClNO3S/c1-12(2)19-10-3-9-16-20(17,18)11-8-13-4-6-14(15)7-5-13/h4-8,11-12,16H,3,9-10H2,1-2H3/b11-8+. The van der Waals surface area contributed by atoms with Crippen molar-refractivity contribution in [1.29, 1.82) is 0 Å². The van der Waals surface area contributed by atoms with Crippen molar-refractivity contribution in [3.05, 3.63) is 40.3 Å². The number of rotatable bonds is 8. The summed E-state index contributed by atoms with van der Waals surface area (Å²) in [5, 5.41) is 1.77. The maximum atomic E-state index is 11.7. The van der Waals surface area contributed by atoms with Gasteiger partial charge in [-0.25, -0.2) is 13.1 Å². The Hall–Kier alpha value is -0.880. The third-order valence-corrected chi connectivity index (χ3v) is 3.74. The van der Waals surface area contributed by atoms with E-state index in [9.17, 15) is 8.42 Å². The van der Waals surface area contributed by atoms with E-state index in [0.717, 1.165) is 11.0 Å². The summed E-state index contributed by atoms with van der Waals surface area (Å²) in [6.45, 7) is 4.79. The smallest absolute Gasteiger partial charge is 0.233 e. The number of hydrogen-bond acceptors (Lipinski definition) is 3. The van der Waals surface area contributed by atoms with Gasteiger partial charge in [0, 0.05) is 23.6 Å². The minimum absolute atomic E-state index is 0.163. The van der Waals surface area contributed by atoms with E-state index in [2.05, 4.69) is 4.72 Å². The van der Waals surface area contributed by atoms with Crippen LogP contribution in [-0.4, -0.2) is 27.7 Å². The average Bonchev–Trinajstić information content (AvgIpc) is 2.37. The molecule has 0 aliphatic rings. The molecule has 112 valence electrons. The minimum atomic E-state index is -3.41. The monoisotopic (exact) mass is 317 g/mol. The molecule has 6 heteroatoms. The highest BCUT2D eigenvalue weighted by molar-refractivity contribution is 7.92. The topological polar surface area (TPSA) is 55.4 Å². The molecule has 1 N–H and O–H groups in total. The predicted molar refractivity (Wildman–Crippen MR) is 83.1 cm³/mol. The van der Waals surface area contributed by atoms with Crippen molar-refractivity contribution in [2.75, 3.05) is 13.2 Å². The van der Waals surface area contributed by atoms with Crippen LogP contribution in [0.4, 0.5) is 0 Å². The van der Waals surface area contributed by atoms with Crippen molar-refractivity contribution in [2.24, 2.45) is 0 Å². The molecule has 0 spiro atoms. The number of nitrogens with one attached hydrogen (secondary N) is 1. The molecule has 0 fully saturated rings. The van der Waals surface area contributed by atoms with Crippen LogP contribution in [-0.2, 0) is 14.8 Å². The summed E-state index contributed by atoms with van der Waals surface area (Å²) in [5.41, 5.74) is 0.780. The minimum Gasteiger partial charge on any atom is -0.379 e. The lowest BCUT2D eigenvalue weighted by atomic mass is 10.2. The molecular weight excluding hydrogens is 298 g/mol. The fourth-order valence-electron chi connectivity index (χ4n) is 1.40. The molecule has 0 saturated heterocycles. The van der Waals surface area contributed by atoms with Gasteiger partial charge in [0.05, 0.1) is 6.10 Å². The van der Waals surface area contributed by atoms with Gasteiger partial charge in [0.15, 0.2) is 0 Å². The first-order valence-electron chi connectivity index (χ1n) is 6.44. The quantitative estimate of drug-likeness (QED) is 0.750. The van der Waals surface area contributed by atoms with E-state index in [1.165, 1.54) is 6.08 Å². The van der Waals surface area contributed by atoms with Crippen LogP contribution in [0.5, 0.6) is 0 Å². The highest BCUT2D eigenvalue weighted by Gasteiger charge is 2.04. The van der Waals surface area contributed by atoms with Crippen LogP contribution in [0.15, 0.2) is 29.7 Å². The Morgan fingerprint density at radius 2 is 1.95 bits per heavy atom. The summed E-state index contributed by atoms with van der Waals surface area (Å²) in [5.74, 6) is 0. The van der Waals surface area contributed by atoms with Gasteiger partial charge in [-0.3, -0.25) is 0 Å². The molecule has 1 aromatic carbocycles. The molecule has 1 rings (SSSR count). The molecule has 0 aliphatic carbocycles. The Morgan fingerprint density at radius 1 is 1.30 bits per heavy atom. The number of benzene rings is 1. The molecule has 0 aromatic heterocycles. The summed E-state index contributed by atoms with van der Waals surface area (Å²) in [6.07, 6.45) is 2.34. The van der Waals surface area contributed by atoms with Gasteiger partial charge in [-0.15, -0.1) is 0 Å². The van der Waals surface area contributed by atoms with Crippen molar-refractivity contribution in [2.45, 2.75) is 26.4 Å². The van der Waals surface area contributed by atoms with Crippen LogP contribution in [0.25, 0.3) is 6.08 Å².